The van der Waals surface area contributed by atoms with Crippen LogP contribution in [0.1, 0.15) is 26.7 Å². The molecule has 0 bridgehead atoms. The Balaban J connectivity index is 2.16. The molecule has 0 fully saturated rings. The first-order valence-electron chi connectivity index (χ1n) is 6.13. The highest BCUT2D eigenvalue weighted by atomic mass is 35.5. The van der Waals surface area contributed by atoms with Crippen LogP contribution in [0.5, 0.6) is 0 Å². The summed E-state index contributed by atoms with van der Waals surface area (Å²) >= 11 is 5.74. The van der Waals surface area contributed by atoms with Gasteiger partial charge in [-0.25, -0.2) is 0 Å². The van der Waals surface area contributed by atoms with Gasteiger partial charge in [0.05, 0.1) is 6.21 Å². The van der Waals surface area contributed by atoms with E-state index < -0.39 is 11.6 Å². The molecule has 0 aliphatic carbocycles. The number of carbonyl (C=O) groups is 2. The summed E-state index contributed by atoms with van der Waals surface area (Å²) in [5, 5.41) is 6.07. The van der Waals surface area contributed by atoms with Gasteiger partial charge in [0.15, 0.2) is 5.76 Å². The van der Waals surface area contributed by atoms with Gasteiger partial charge in [-0.2, -0.15) is 5.10 Å². The number of nitrogens with zero attached hydrogens (tertiary/aromatic N) is 2. The Labute approximate surface area is 126 Å². The van der Waals surface area contributed by atoms with Crippen molar-refractivity contribution in [2.75, 3.05) is 14.1 Å². The average Bonchev–Trinajstić information content (AvgIpc) is 2.93. The second kappa shape index (κ2) is 6.37. The van der Waals surface area contributed by atoms with Gasteiger partial charge in [-0.1, -0.05) is 11.6 Å². The van der Waals surface area contributed by atoms with Gasteiger partial charge >= 0.3 is 0 Å². The normalized spacial score (nSPS) is 10.8. The SMILES string of the molecule is CN(C)N=Cc1ccc(C(=O)C(=O)c2ccc(Cl)cc2)o1. The molecule has 1 aromatic heterocycles. The van der Waals surface area contributed by atoms with Gasteiger partial charge in [0.25, 0.3) is 5.78 Å². The van der Waals surface area contributed by atoms with Crippen LogP contribution in [-0.2, 0) is 0 Å². The summed E-state index contributed by atoms with van der Waals surface area (Å²) in [6.45, 7) is 0. The first kappa shape index (κ1) is 15.0. The first-order chi connectivity index (χ1) is 9.97. The number of rotatable bonds is 5. The van der Waals surface area contributed by atoms with Crippen LogP contribution < -0.4 is 0 Å². The molecule has 2 rings (SSSR count). The fourth-order valence-electron chi connectivity index (χ4n) is 1.56. The summed E-state index contributed by atoms with van der Waals surface area (Å²) in [5.41, 5.74) is 0.268. The van der Waals surface area contributed by atoms with Gasteiger partial charge in [0.1, 0.15) is 5.76 Å². The van der Waals surface area contributed by atoms with E-state index in [0.717, 1.165) is 0 Å². The highest BCUT2D eigenvalue weighted by Crippen LogP contribution is 2.14. The van der Waals surface area contributed by atoms with Gasteiger partial charge < -0.3 is 9.43 Å². The van der Waals surface area contributed by atoms with Gasteiger partial charge in [-0.05, 0) is 36.4 Å². The molecule has 0 saturated carbocycles. The summed E-state index contributed by atoms with van der Waals surface area (Å²) in [5.74, 6) is -0.968. The molecular weight excluding hydrogens is 292 g/mol. The predicted octanol–water partition coefficient (Wildman–Crippen LogP) is 2.89. The number of halogens is 1. The van der Waals surface area contributed by atoms with Crippen molar-refractivity contribution < 1.29 is 14.0 Å². The van der Waals surface area contributed by atoms with E-state index in [-0.39, 0.29) is 11.3 Å². The molecule has 0 aliphatic rings. The highest BCUT2D eigenvalue weighted by molar-refractivity contribution is 6.48. The summed E-state index contributed by atoms with van der Waals surface area (Å²) < 4.78 is 5.29. The molecular formula is C15H13ClN2O3. The summed E-state index contributed by atoms with van der Waals surface area (Å²) in [6, 6.07) is 9.14. The van der Waals surface area contributed by atoms with Crippen molar-refractivity contribution in [1.82, 2.24) is 5.01 Å². The fourth-order valence-corrected chi connectivity index (χ4v) is 1.69. The number of hydrogen-bond donors (Lipinski definition) is 0. The number of furan rings is 1. The van der Waals surface area contributed by atoms with Gasteiger partial charge in [-0.15, -0.1) is 0 Å². The molecule has 0 amide bonds. The minimum Gasteiger partial charge on any atom is -0.451 e. The average molecular weight is 305 g/mol. The maximum atomic E-state index is 12.1. The molecule has 2 aromatic rings. The zero-order chi connectivity index (χ0) is 15.4. The molecule has 0 saturated heterocycles. The van der Waals surface area contributed by atoms with E-state index in [1.54, 1.807) is 37.3 Å². The Kier molecular flexibility index (Phi) is 4.55. The molecule has 0 N–H and O–H groups in total. The zero-order valence-electron chi connectivity index (χ0n) is 11.5. The van der Waals surface area contributed by atoms with Crippen molar-refractivity contribution in [3.8, 4) is 0 Å². The van der Waals surface area contributed by atoms with Gasteiger partial charge in [0.2, 0.25) is 5.78 Å². The summed E-state index contributed by atoms with van der Waals surface area (Å²) in [4.78, 5) is 24.1. The third kappa shape index (κ3) is 3.79. The van der Waals surface area contributed by atoms with E-state index in [4.69, 9.17) is 16.0 Å². The van der Waals surface area contributed by atoms with E-state index in [2.05, 4.69) is 5.10 Å². The quantitative estimate of drug-likeness (QED) is 0.369. The fraction of sp³-hybridized carbons (Fsp3) is 0.133. The van der Waals surface area contributed by atoms with Crippen LogP contribution in [0.3, 0.4) is 0 Å². The van der Waals surface area contributed by atoms with Crippen LogP contribution in [0.25, 0.3) is 0 Å². The molecule has 1 aromatic carbocycles. The lowest BCUT2D eigenvalue weighted by molar-refractivity contribution is 0.0800. The third-order valence-electron chi connectivity index (χ3n) is 2.58. The molecule has 0 atom stereocenters. The lowest BCUT2D eigenvalue weighted by atomic mass is 10.1. The van der Waals surface area contributed by atoms with E-state index in [9.17, 15) is 9.59 Å². The summed E-state index contributed by atoms with van der Waals surface area (Å²) in [6.07, 6.45) is 1.46. The zero-order valence-corrected chi connectivity index (χ0v) is 12.3. The van der Waals surface area contributed by atoms with Gasteiger partial charge in [-0.3, -0.25) is 9.59 Å². The van der Waals surface area contributed by atoms with Crippen LogP contribution in [0.4, 0.5) is 0 Å². The topological polar surface area (TPSA) is 62.9 Å². The van der Waals surface area contributed by atoms with Crippen molar-refractivity contribution >= 4 is 29.4 Å². The lowest BCUT2D eigenvalue weighted by Gasteiger charge is -2.00. The molecule has 0 unspecified atom stereocenters. The number of hydrazone groups is 1. The number of ketones is 2. The third-order valence-corrected chi connectivity index (χ3v) is 2.83. The second-order valence-corrected chi connectivity index (χ2v) is 4.90. The van der Waals surface area contributed by atoms with E-state index in [1.807, 2.05) is 0 Å². The van der Waals surface area contributed by atoms with Crippen molar-refractivity contribution in [3.05, 3.63) is 58.5 Å². The molecule has 0 spiro atoms. The molecule has 1 heterocycles. The van der Waals surface area contributed by atoms with Gasteiger partial charge in [0, 0.05) is 24.7 Å². The van der Waals surface area contributed by atoms with Crippen LogP contribution in [0.2, 0.25) is 5.02 Å². The monoisotopic (exact) mass is 304 g/mol. The number of benzene rings is 1. The molecule has 0 radical (unpaired) electrons. The smallest absolute Gasteiger partial charge is 0.268 e. The van der Waals surface area contributed by atoms with Crippen molar-refractivity contribution in [3.63, 3.8) is 0 Å². The standard InChI is InChI=1S/C15H13ClN2O3/c1-18(2)17-9-12-7-8-13(21-12)15(20)14(19)10-3-5-11(16)6-4-10/h3-9H,1-2H3. The van der Waals surface area contributed by atoms with Crippen molar-refractivity contribution in [2.24, 2.45) is 5.10 Å². The first-order valence-corrected chi connectivity index (χ1v) is 6.51. The molecule has 108 valence electrons. The van der Waals surface area contributed by atoms with Crippen LogP contribution >= 0.6 is 11.6 Å². The highest BCUT2D eigenvalue weighted by Gasteiger charge is 2.21. The number of carbonyl (C=O) groups excluding carboxylic acids is 2. The molecule has 0 aliphatic heterocycles. The Morgan fingerprint density at radius 3 is 2.38 bits per heavy atom. The largest absolute Gasteiger partial charge is 0.451 e. The maximum absolute atomic E-state index is 12.1. The van der Waals surface area contributed by atoms with Crippen LogP contribution in [0.15, 0.2) is 45.9 Å². The summed E-state index contributed by atoms with van der Waals surface area (Å²) in [7, 11) is 3.52. The number of Topliss-reactive ketones (excluding diaryl/α,β-unsaturated/α-hetero) is 2. The maximum Gasteiger partial charge on any atom is 0.268 e. The predicted molar refractivity (Wildman–Crippen MR) is 80.1 cm³/mol. The van der Waals surface area contributed by atoms with E-state index in [1.165, 1.54) is 24.4 Å². The van der Waals surface area contributed by atoms with Crippen molar-refractivity contribution in [2.45, 2.75) is 0 Å². The molecule has 5 nitrogen and oxygen atoms in total. The number of hydrogen-bond acceptors (Lipinski definition) is 5. The Morgan fingerprint density at radius 1 is 1.10 bits per heavy atom. The van der Waals surface area contributed by atoms with Crippen molar-refractivity contribution in [1.29, 1.82) is 0 Å². The second-order valence-electron chi connectivity index (χ2n) is 4.46. The van der Waals surface area contributed by atoms with E-state index in [0.29, 0.717) is 10.8 Å². The Morgan fingerprint density at radius 2 is 1.76 bits per heavy atom. The van der Waals surface area contributed by atoms with Crippen LogP contribution in [0, 0.1) is 0 Å². The molecule has 21 heavy (non-hydrogen) atoms. The lowest BCUT2D eigenvalue weighted by Crippen LogP contribution is -2.13. The Hall–Kier alpha value is -2.40. The molecule has 6 heteroatoms. The Bertz CT molecular complexity index is 687. The minimum atomic E-state index is -0.707. The minimum absolute atomic E-state index is 0.0184. The van der Waals surface area contributed by atoms with Crippen LogP contribution in [-0.4, -0.2) is 36.9 Å². The van der Waals surface area contributed by atoms with E-state index >= 15 is 0 Å².